The van der Waals surface area contributed by atoms with E-state index < -0.39 is 34.4 Å². The highest BCUT2D eigenvalue weighted by Gasteiger charge is 2.49. The number of urea groups is 1. The minimum Gasteiger partial charge on any atom is -0.337 e. The van der Waals surface area contributed by atoms with Crippen LogP contribution in [0.25, 0.3) is 0 Å². The van der Waals surface area contributed by atoms with E-state index in [4.69, 9.17) is 9.39 Å². The third-order valence-electron chi connectivity index (χ3n) is 5.60. The number of carbonyl (C=O) groups excluding carboxylic acids is 2. The second kappa shape index (κ2) is 8.47. The molecular formula is C16H24N6O7S. The molecule has 3 N–H and O–H groups in total. The van der Waals surface area contributed by atoms with Gasteiger partial charge in [-0.05, 0) is 25.2 Å². The van der Waals surface area contributed by atoms with Gasteiger partial charge in [0.25, 0.3) is 5.91 Å². The summed E-state index contributed by atoms with van der Waals surface area (Å²) in [5, 5.41) is 3.96. The molecule has 3 aliphatic rings. The Morgan fingerprint density at radius 1 is 1.40 bits per heavy atom. The number of nitrogens with zero attached hydrogens (tertiary/aromatic N) is 4. The summed E-state index contributed by atoms with van der Waals surface area (Å²) < 4.78 is 37.0. The number of aromatic nitrogens is 2. The Labute approximate surface area is 173 Å². The van der Waals surface area contributed by atoms with Crippen molar-refractivity contribution in [1.29, 1.82) is 0 Å². The first kappa shape index (κ1) is 21.0. The molecule has 3 saturated heterocycles. The van der Waals surface area contributed by atoms with Crippen LogP contribution in [-0.2, 0) is 30.9 Å². The van der Waals surface area contributed by atoms with Gasteiger partial charge in [0.1, 0.15) is 6.04 Å². The fourth-order valence-electron chi connectivity index (χ4n) is 4.25. The van der Waals surface area contributed by atoms with E-state index in [9.17, 15) is 18.0 Å². The molecule has 30 heavy (non-hydrogen) atoms. The molecule has 0 aromatic carbocycles. The van der Waals surface area contributed by atoms with Gasteiger partial charge in [0.2, 0.25) is 0 Å². The third-order valence-corrected chi connectivity index (χ3v) is 5.95. The first-order chi connectivity index (χ1) is 14.3. The SMILES string of the molecule is O=C(NOC[C@@H]1C[C@H](Cn2ccnc2)CN1)[C@@H]1CC[C@@H]2CN1C(=O)N2OS(=O)(=O)O. The number of imidazole rings is 1. The summed E-state index contributed by atoms with van der Waals surface area (Å²) in [5.41, 5.74) is 2.39. The van der Waals surface area contributed by atoms with Crippen molar-refractivity contribution >= 4 is 22.3 Å². The number of amides is 3. The van der Waals surface area contributed by atoms with E-state index in [0.29, 0.717) is 23.8 Å². The highest BCUT2D eigenvalue weighted by molar-refractivity contribution is 7.80. The van der Waals surface area contributed by atoms with Crippen molar-refractivity contribution in [2.45, 2.75) is 43.9 Å². The monoisotopic (exact) mass is 444 g/mol. The molecule has 4 atom stereocenters. The van der Waals surface area contributed by atoms with E-state index in [-0.39, 0.29) is 19.2 Å². The average molecular weight is 444 g/mol. The van der Waals surface area contributed by atoms with Crippen molar-refractivity contribution in [1.82, 2.24) is 30.3 Å². The van der Waals surface area contributed by atoms with E-state index in [2.05, 4.69) is 20.1 Å². The maximum absolute atomic E-state index is 12.5. The summed E-state index contributed by atoms with van der Waals surface area (Å²) in [7, 11) is -4.82. The summed E-state index contributed by atoms with van der Waals surface area (Å²) in [6, 6.07) is -2.02. The molecule has 1 aromatic rings. The van der Waals surface area contributed by atoms with Crippen LogP contribution in [0.2, 0.25) is 0 Å². The van der Waals surface area contributed by atoms with E-state index in [1.165, 1.54) is 4.90 Å². The molecule has 1 aromatic heterocycles. The Hall–Kier alpha value is -2.26. The summed E-state index contributed by atoms with van der Waals surface area (Å²) in [5.74, 6) is -0.0433. The van der Waals surface area contributed by atoms with Gasteiger partial charge >= 0.3 is 16.4 Å². The molecule has 3 fully saturated rings. The van der Waals surface area contributed by atoms with Gasteiger partial charge in [0, 0.05) is 38.1 Å². The lowest BCUT2D eigenvalue weighted by Crippen LogP contribution is -2.50. The van der Waals surface area contributed by atoms with E-state index in [0.717, 1.165) is 19.5 Å². The maximum atomic E-state index is 12.5. The van der Waals surface area contributed by atoms with Crippen molar-refractivity contribution in [3.05, 3.63) is 18.7 Å². The quantitative estimate of drug-likeness (QED) is 0.335. The summed E-state index contributed by atoms with van der Waals surface area (Å²) in [4.78, 5) is 35.4. The van der Waals surface area contributed by atoms with Gasteiger partial charge in [-0.15, -0.1) is 4.28 Å². The normalized spacial score (nSPS) is 28.9. The Morgan fingerprint density at radius 3 is 2.97 bits per heavy atom. The predicted molar refractivity (Wildman–Crippen MR) is 99.6 cm³/mol. The number of hydrogen-bond donors (Lipinski definition) is 3. The second-order valence-corrected chi connectivity index (χ2v) is 8.76. The van der Waals surface area contributed by atoms with Crippen LogP contribution in [-0.4, -0.2) is 82.2 Å². The molecule has 13 nitrogen and oxygen atoms in total. The number of hydrogen-bond acceptors (Lipinski definition) is 8. The lowest BCUT2D eigenvalue weighted by atomic mass is 10.0. The van der Waals surface area contributed by atoms with Crippen molar-refractivity contribution in [2.24, 2.45) is 5.92 Å². The molecule has 3 aliphatic heterocycles. The van der Waals surface area contributed by atoms with E-state index in [1.54, 1.807) is 12.5 Å². The van der Waals surface area contributed by atoms with Crippen LogP contribution in [0.1, 0.15) is 19.3 Å². The number of carbonyl (C=O) groups is 2. The van der Waals surface area contributed by atoms with Crippen molar-refractivity contribution in [3.63, 3.8) is 0 Å². The number of piperidine rings is 1. The fourth-order valence-corrected chi connectivity index (χ4v) is 4.64. The smallest absolute Gasteiger partial charge is 0.337 e. The topological polar surface area (TPSA) is 155 Å². The molecule has 4 rings (SSSR count). The minimum absolute atomic E-state index is 0.0987. The predicted octanol–water partition coefficient (Wildman–Crippen LogP) is -1.09. The van der Waals surface area contributed by atoms with Gasteiger partial charge < -0.3 is 14.8 Å². The number of hydroxylamine groups is 3. The number of fused-ring (bicyclic) bond motifs is 2. The van der Waals surface area contributed by atoms with Gasteiger partial charge in [0.05, 0.1) is 19.0 Å². The van der Waals surface area contributed by atoms with E-state index >= 15 is 0 Å². The minimum atomic E-state index is -4.82. The van der Waals surface area contributed by atoms with Gasteiger partial charge in [-0.1, -0.05) is 0 Å². The standard InChI is InChI=1S/C16H24N6O7S/c23-15(14-2-1-13-8-21(14)16(24)22(13)29-30(25,26)27)19-28-9-12-5-11(6-18-12)7-20-4-3-17-10-20/h3-4,10-14,18H,1-2,5-9H2,(H,19,23)(H,25,26,27)/t11-,12-,13+,14-/m0/s1. The molecule has 4 heterocycles. The Kier molecular flexibility index (Phi) is 5.92. The van der Waals surface area contributed by atoms with Crippen LogP contribution < -0.4 is 10.8 Å². The molecular weight excluding hydrogens is 420 g/mol. The Morgan fingerprint density at radius 2 is 2.23 bits per heavy atom. The third kappa shape index (κ3) is 4.73. The van der Waals surface area contributed by atoms with Crippen molar-refractivity contribution in [3.8, 4) is 0 Å². The zero-order valence-electron chi connectivity index (χ0n) is 16.1. The van der Waals surface area contributed by atoms with Crippen LogP contribution in [0.15, 0.2) is 18.7 Å². The average Bonchev–Trinajstić information content (AvgIpc) is 3.40. The number of rotatable bonds is 8. The van der Waals surface area contributed by atoms with Crippen LogP contribution in [0.5, 0.6) is 0 Å². The Bertz CT molecular complexity index is 879. The zero-order valence-corrected chi connectivity index (χ0v) is 16.9. The summed E-state index contributed by atoms with van der Waals surface area (Å²) >= 11 is 0. The van der Waals surface area contributed by atoms with Gasteiger partial charge in [-0.2, -0.15) is 13.5 Å². The largest absolute Gasteiger partial charge is 0.418 e. The molecule has 0 radical (unpaired) electrons. The molecule has 166 valence electrons. The van der Waals surface area contributed by atoms with Gasteiger partial charge in [-0.3, -0.25) is 14.2 Å². The highest BCUT2D eigenvalue weighted by Crippen LogP contribution is 2.30. The van der Waals surface area contributed by atoms with Gasteiger partial charge in [-0.25, -0.2) is 15.3 Å². The molecule has 0 saturated carbocycles. The highest BCUT2D eigenvalue weighted by atomic mass is 32.3. The van der Waals surface area contributed by atoms with Crippen molar-refractivity contribution in [2.75, 3.05) is 19.7 Å². The molecule has 0 aliphatic carbocycles. The maximum Gasteiger partial charge on any atom is 0.418 e. The lowest BCUT2D eigenvalue weighted by molar-refractivity contribution is -0.139. The molecule has 0 spiro atoms. The van der Waals surface area contributed by atoms with Crippen LogP contribution in [0.4, 0.5) is 4.79 Å². The first-order valence-electron chi connectivity index (χ1n) is 9.68. The van der Waals surface area contributed by atoms with Crippen LogP contribution in [0.3, 0.4) is 0 Å². The van der Waals surface area contributed by atoms with E-state index in [1.807, 2.05) is 10.8 Å². The summed E-state index contributed by atoms with van der Waals surface area (Å²) in [6.07, 6.45) is 7.01. The molecule has 14 heteroatoms. The van der Waals surface area contributed by atoms with Gasteiger partial charge in [0.15, 0.2) is 0 Å². The fraction of sp³-hybridized carbons (Fsp3) is 0.688. The molecule has 3 amide bonds. The zero-order chi connectivity index (χ0) is 21.3. The van der Waals surface area contributed by atoms with Crippen LogP contribution in [0, 0.1) is 5.92 Å². The first-order valence-corrected chi connectivity index (χ1v) is 11.0. The number of nitrogens with one attached hydrogen (secondary N) is 2. The Balaban J connectivity index is 1.22. The summed E-state index contributed by atoms with van der Waals surface area (Å²) in [6.45, 7) is 2.12. The molecule has 2 bridgehead atoms. The lowest BCUT2D eigenvalue weighted by Gasteiger charge is -2.29. The molecule has 0 unspecified atom stereocenters. The van der Waals surface area contributed by atoms with Crippen molar-refractivity contribution < 1.29 is 31.7 Å². The second-order valence-electron chi connectivity index (χ2n) is 7.75. The van der Waals surface area contributed by atoms with Crippen LogP contribution >= 0.6 is 0 Å².